The van der Waals surface area contributed by atoms with Gasteiger partial charge in [0.15, 0.2) is 12.3 Å². The van der Waals surface area contributed by atoms with Crippen molar-refractivity contribution in [1.29, 1.82) is 0 Å². The number of pyridine rings is 1. The number of hydrogen-bond donors (Lipinski definition) is 0. The van der Waals surface area contributed by atoms with Gasteiger partial charge < -0.3 is 9.47 Å². The molecule has 1 aromatic heterocycles. The number of aromatic nitrogens is 1. The average molecular weight is 380 g/mol. The van der Waals surface area contributed by atoms with Crippen LogP contribution in [-0.2, 0) is 16.0 Å². The molecule has 1 saturated carbocycles. The molecule has 28 heavy (non-hydrogen) atoms. The number of nitrogens with zero attached hydrogens (tertiary/aromatic N) is 2. The van der Waals surface area contributed by atoms with E-state index < -0.39 is 12.3 Å². The van der Waals surface area contributed by atoms with Crippen molar-refractivity contribution in [3.8, 4) is 0 Å². The zero-order chi connectivity index (χ0) is 19.3. The van der Waals surface area contributed by atoms with E-state index in [1.807, 2.05) is 42.5 Å². The van der Waals surface area contributed by atoms with Crippen molar-refractivity contribution in [2.24, 2.45) is 5.92 Å². The van der Waals surface area contributed by atoms with Gasteiger partial charge in [0.1, 0.15) is 0 Å². The molecule has 1 aliphatic carbocycles. The highest BCUT2D eigenvalue weighted by Crippen LogP contribution is 2.37. The highest BCUT2D eigenvalue weighted by atomic mass is 16.6. The molecule has 1 aromatic carbocycles. The molecule has 148 valence electrons. The Kier molecular flexibility index (Phi) is 5.91. The van der Waals surface area contributed by atoms with E-state index in [4.69, 9.17) is 9.47 Å². The van der Waals surface area contributed by atoms with Crippen molar-refractivity contribution in [1.82, 2.24) is 9.88 Å². The van der Waals surface area contributed by atoms with Crippen LogP contribution in [0.25, 0.3) is 0 Å². The van der Waals surface area contributed by atoms with Gasteiger partial charge in [-0.3, -0.25) is 9.88 Å². The first-order valence-corrected chi connectivity index (χ1v) is 10.3. The third-order valence-electron chi connectivity index (χ3n) is 5.90. The quantitative estimate of drug-likeness (QED) is 0.701. The maximum Gasteiger partial charge on any atom is 0.413 e. The summed E-state index contributed by atoms with van der Waals surface area (Å²) < 4.78 is 12.3. The van der Waals surface area contributed by atoms with Gasteiger partial charge in [0.25, 0.3) is 0 Å². The summed E-state index contributed by atoms with van der Waals surface area (Å²) in [5.74, 6) is 0.539. The number of rotatable bonds is 6. The third kappa shape index (κ3) is 4.20. The van der Waals surface area contributed by atoms with Crippen LogP contribution in [-0.4, -0.2) is 28.3 Å². The predicted octanol–water partition coefficient (Wildman–Crippen LogP) is 5.09. The number of carbonyl (C=O) groups is 1. The first-order chi connectivity index (χ1) is 13.7. The predicted molar refractivity (Wildman–Crippen MR) is 106 cm³/mol. The number of cyclic esters (lactones) is 1. The summed E-state index contributed by atoms with van der Waals surface area (Å²) in [6.45, 7) is 2.61. The van der Waals surface area contributed by atoms with Crippen molar-refractivity contribution in [3.63, 3.8) is 0 Å². The maximum absolute atomic E-state index is 12.7. The lowest BCUT2D eigenvalue weighted by atomic mass is 9.86. The van der Waals surface area contributed by atoms with E-state index in [0.29, 0.717) is 12.5 Å². The summed E-state index contributed by atoms with van der Waals surface area (Å²) in [5, 5.41) is 0. The molecule has 1 saturated heterocycles. The van der Waals surface area contributed by atoms with Crippen molar-refractivity contribution < 1.29 is 14.3 Å². The lowest BCUT2D eigenvalue weighted by Crippen LogP contribution is -2.40. The van der Waals surface area contributed by atoms with Crippen LogP contribution in [0.15, 0.2) is 54.9 Å². The van der Waals surface area contributed by atoms with Gasteiger partial charge in [-0.15, -0.1) is 0 Å². The minimum absolute atomic E-state index is 0.0808. The SMILES string of the molecule is CC(OC1C(c2cccnc2)OC(=O)N1Cc1ccccc1)C1CCCCC1. The fourth-order valence-corrected chi connectivity index (χ4v) is 4.29. The van der Waals surface area contributed by atoms with Crippen LogP contribution in [0.3, 0.4) is 0 Å². The van der Waals surface area contributed by atoms with Crippen LogP contribution >= 0.6 is 0 Å². The fourth-order valence-electron chi connectivity index (χ4n) is 4.29. The molecule has 1 amide bonds. The van der Waals surface area contributed by atoms with E-state index in [0.717, 1.165) is 11.1 Å². The molecular formula is C23H28N2O3. The van der Waals surface area contributed by atoms with E-state index in [1.54, 1.807) is 17.3 Å². The van der Waals surface area contributed by atoms with Gasteiger partial charge in [-0.25, -0.2) is 4.79 Å². The van der Waals surface area contributed by atoms with Crippen LogP contribution in [0.5, 0.6) is 0 Å². The van der Waals surface area contributed by atoms with Gasteiger partial charge in [-0.1, -0.05) is 55.7 Å². The summed E-state index contributed by atoms with van der Waals surface area (Å²) in [6.07, 6.45) is 8.54. The van der Waals surface area contributed by atoms with Gasteiger partial charge in [0.2, 0.25) is 0 Å². The van der Waals surface area contributed by atoms with Gasteiger partial charge in [-0.2, -0.15) is 0 Å². The smallest absolute Gasteiger partial charge is 0.413 e. The Morgan fingerprint density at radius 2 is 1.93 bits per heavy atom. The average Bonchev–Trinajstić information content (AvgIpc) is 3.05. The molecule has 0 bridgehead atoms. The molecule has 0 spiro atoms. The second kappa shape index (κ2) is 8.74. The number of carbonyl (C=O) groups excluding carboxylic acids is 1. The van der Waals surface area contributed by atoms with Crippen LogP contribution in [0.2, 0.25) is 0 Å². The largest absolute Gasteiger partial charge is 0.436 e. The maximum atomic E-state index is 12.7. The van der Waals surface area contributed by atoms with E-state index in [9.17, 15) is 4.79 Å². The molecule has 2 heterocycles. The standard InChI is InChI=1S/C23H28N2O3/c1-17(19-11-6-3-7-12-19)27-22-21(20-13-8-14-24-15-20)28-23(26)25(22)16-18-9-4-2-5-10-18/h2,4-5,8-10,13-15,17,19,21-22H,3,6-7,11-12,16H2,1H3. The zero-order valence-electron chi connectivity index (χ0n) is 16.4. The highest BCUT2D eigenvalue weighted by molar-refractivity contribution is 5.70. The number of ether oxygens (including phenoxy) is 2. The molecule has 3 atom stereocenters. The Balaban J connectivity index is 1.57. The Morgan fingerprint density at radius 1 is 1.14 bits per heavy atom. The van der Waals surface area contributed by atoms with Crippen LogP contribution < -0.4 is 0 Å². The third-order valence-corrected chi connectivity index (χ3v) is 5.90. The molecule has 2 aliphatic rings. The second-order valence-electron chi connectivity index (χ2n) is 7.83. The molecule has 1 aliphatic heterocycles. The highest BCUT2D eigenvalue weighted by Gasteiger charge is 2.45. The van der Waals surface area contributed by atoms with Crippen molar-refractivity contribution >= 4 is 6.09 Å². The molecule has 0 radical (unpaired) electrons. The Labute approximate surface area is 166 Å². The van der Waals surface area contributed by atoms with Crippen LogP contribution in [0.1, 0.15) is 56.3 Å². The van der Waals surface area contributed by atoms with Crippen molar-refractivity contribution in [2.45, 2.75) is 64.0 Å². The second-order valence-corrected chi connectivity index (χ2v) is 7.83. The molecule has 5 nitrogen and oxygen atoms in total. The van der Waals surface area contributed by atoms with Crippen LogP contribution in [0, 0.1) is 5.92 Å². The van der Waals surface area contributed by atoms with Crippen molar-refractivity contribution in [3.05, 3.63) is 66.0 Å². The van der Waals surface area contributed by atoms with Crippen molar-refractivity contribution in [2.75, 3.05) is 0 Å². The Morgan fingerprint density at radius 3 is 2.64 bits per heavy atom. The van der Waals surface area contributed by atoms with E-state index in [-0.39, 0.29) is 12.2 Å². The normalized spacial score (nSPS) is 24.2. The van der Waals surface area contributed by atoms with Gasteiger partial charge >= 0.3 is 6.09 Å². The van der Waals surface area contributed by atoms with Gasteiger partial charge in [0, 0.05) is 18.0 Å². The van der Waals surface area contributed by atoms with E-state index in [2.05, 4.69) is 11.9 Å². The molecule has 2 fully saturated rings. The molecule has 5 heteroatoms. The van der Waals surface area contributed by atoms with Gasteiger partial charge in [-0.05, 0) is 37.3 Å². The zero-order valence-corrected chi connectivity index (χ0v) is 16.4. The summed E-state index contributed by atoms with van der Waals surface area (Å²) in [5.41, 5.74) is 1.93. The fraction of sp³-hybridized carbons (Fsp3) is 0.478. The Bertz CT molecular complexity index is 762. The number of amides is 1. The molecule has 3 unspecified atom stereocenters. The molecule has 2 aromatic rings. The summed E-state index contributed by atoms with van der Waals surface area (Å²) >= 11 is 0. The van der Waals surface area contributed by atoms with Crippen LogP contribution in [0.4, 0.5) is 4.79 Å². The summed E-state index contributed by atoms with van der Waals surface area (Å²) in [7, 11) is 0. The first-order valence-electron chi connectivity index (χ1n) is 10.3. The lowest BCUT2D eigenvalue weighted by molar-refractivity contribution is -0.113. The number of hydrogen-bond acceptors (Lipinski definition) is 4. The summed E-state index contributed by atoms with van der Waals surface area (Å²) in [4.78, 5) is 18.6. The van der Waals surface area contributed by atoms with E-state index >= 15 is 0 Å². The summed E-state index contributed by atoms with van der Waals surface area (Å²) in [6, 6.07) is 13.8. The monoisotopic (exact) mass is 380 g/mol. The minimum Gasteiger partial charge on any atom is -0.436 e. The van der Waals surface area contributed by atoms with E-state index in [1.165, 1.54) is 32.1 Å². The lowest BCUT2D eigenvalue weighted by Gasteiger charge is -2.33. The first kappa shape index (κ1) is 18.9. The van der Waals surface area contributed by atoms with Gasteiger partial charge in [0.05, 0.1) is 12.6 Å². The Hall–Kier alpha value is -2.40. The molecular weight excluding hydrogens is 352 g/mol. The number of benzene rings is 1. The topological polar surface area (TPSA) is 51.7 Å². The molecule has 0 N–H and O–H groups in total. The molecule has 4 rings (SSSR count). The minimum atomic E-state index is -0.462.